The Morgan fingerprint density at radius 2 is 2.14 bits per heavy atom. The van der Waals surface area contributed by atoms with Crippen molar-refractivity contribution in [3.8, 4) is 0 Å². The zero-order chi connectivity index (χ0) is 19.7. The fraction of sp³-hybridized carbons (Fsp3) is 0.571. The fourth-order valence-corrected chi connectivity index (χ4v) is 6.50. The van der Waals surface area contributed by atoms with Crippen molar-refractivity contribution in [1.82, 2.24) is 14.5 Å². The normalized spacial score (nSPS) is 19.6. The summed E-state index contributed by atoms with van der Waals surface area (Å²) in [4.78, 5) is 34.9. The van der Waals surface area contributed by atoms with E-state index in [1.807, 2.05) is 4.90 Å². The lowest BCUT2D eigenvalue weighted by Gasteiger charge is -2.33. The number of carbonyl (C=O) groups is 1. The van der Waals surface area contributed by atoms with E-state index in [-0.39, 0.29) is 11.5 Å². The summed E-state index contributed by atoms with van der Waals surface area (Å²) in [5, 5.41) is 1.43. The van der Waals surface area contributed by atoms with Crippen molar-refractivity contribution in [3.05, 3.63) is 33.4 Å². The molecule has 1 aliphatic heterocycles. The summed E-state index contributed by atoms with van der Waals surface area (Å²) >= 11 is 3.04. The third kappa shape index (κ3) is 3.66. The molecule has 1 aliphatic carbocycles. The number of aryl methyl sites for hydroxylation is 2. The third-order valence-corrected chi connectivity index (χ3v) is 7.95. The third-order valence-electron chi connectivity index (χ3n) is 5.80. The molecule has 1 fully saturated rings. The molecule has 0 unspecified atom stereocenters. The molecule has 3 heterocycles. The van der Waals surface area contributed by atoms with Gasteiger partial charge in [-0.25, -0.2) is 4.98 Å². The molecular formula is C21H27N3O2S2. The van der Waals surface area contributed by atoms with Gasteiger partial charge in [0.2, 0.25) is 5.91 Å². The SMILES string of the molecule is C=CCn1c(SCC(=O)N2CCCC[C@@H]2C)nc2sc3c(c2c1=O)CCCC3. The first-order valence-corrected chi connectivity index (χ1v) is 12.0. The van der Waals surface area contributed by atoms with Crippen molar-refractivity contribution >= 4 is 39.2 Å². The highest BCUT2D eigenvalue weighted by atomic mass is 32.2. The Morgan fingerprint density at radius 1 is 1.32 bits per heavy atom. The molecule has 2 aromatic heterocycles. The average Bonchev–Trinajstić information content (AvgIpc) is 3.07. The van der Waals surface area contributed by atoms with Crippen molar-refractivity contribution in [1.29, 1.82) is 0 Å². The first-order chi connectivity index (χ1) is 13.6. The van der Waals surface area contributed by atoms with Gasteiger partial charge < -0.3 is 4.90 Å². The predicted octanol–water partition coefficient (Wildman–Crippen LogP) is 4.02. The molecule has 7 heteroatoms. The highest BCUT2D eigenvalue weighted by Crippen LogP contribution is 2.34. The van der Waals surface area contributed by atoms with Crippen LogP contribution in [-0.2, 0) is 24.2 Å². The van der Waals surface area contributed by atoms with Crippen LogP contribution in [0.2, 0.25) is 0 Å². The largest absolute Gasteiger partial charge is 0.339 e. The minimum atomic E-state index is 0.0191. The van der Waals surface area contributed by atoms with Gasteiger partial charge in [0.05, 0.1) is 11.1 Å². The number of thioether (sulfide) groups is 1. The molecule has 0 aromatic carbocycles. The van der Waals surface area contributed by atoms with Gasteiger partial charge in [0.25, 0.3) is 5.56 Å². The van der Waals surface area contributed by atoms with Gasteiger partial charge in [-0.05, 0) is 57.4 Å². The summed E-state index contributed by atoms with van der Waals surface area (Å²) in [5.41, 5.74) is 1.22. The van der Waals surface area contributed by atoms with Gasteiger partial charge in [-0.2, -0.15) is 0 Å². The Balaban J connectivity index is 1.64. The molecule has 5 nitrogen and oxygen atoms in total. The highest BCUT2D eigenvalue weighted by molar-refractivity contribution is 7.99. The number of fused-ring (bicyclic) bond motifs is 3. The lowest BCUT2D eigenvalue weighted by atomic mass is 9.97. The predicted molar refractivity (Wildman–Crippen MR) is 116 cm³/mol. The minimum Gasteiger partial charge on any atom is -0.339 e. The lowest BCUT2D eigenvalue weighted by Crippen LogP contribution is -2.43. The van der Waals surface area contributed by atoms with Crippen molar-refractivity contribution < 1.29 is 4.79 Å². The van der Waals surface area contributed by atoms with E-state index in [1.165, 1.54) is 35.0 Å². The molecule has 1 amide bonds. The van der Waals surface area contributed by atoms with Gasteiger partial charge in [-0.1, -0.05) is 17.8 Å². The van der Waals surface area contributed by atoms with Crippen LogP contribution >= 0.6 is 23.1 Å². The Labute approximate surface area is 173 Å². The Morgan fingerprint density at radius 3 is 2.93 bits per heavy atom. The van der Waals surface area contributed by atoms with Crippen LogP contribution < -0.4 is 5.56 Å². The first-order valence-electron chi connectivity index (χ1n) is 10.2. The number of hydrogen-bond acceptors (Lipinski definition) is 5. The summed E-state index contributed by atoms with van der Waals surface area (Å²) in [6.07, 6.45) is 9.41. The maximum atomic E-state index is 13.2. The zero-order valence-corrected chi connectivity index (χ0v) is 18.0. The Kier molecular flexibility index (Phi) is 5.92. The van der Waals surface area contributed by atoms with Crippen molar-refractivity contribution in [2.45, 2.75) is 69.6 Å². The number of amides is 1. The van der Waals surface area contributed by atoms with Crippen molar-refractivity contribution in [2.24, 2.45) is 0 Å². The van der Waals surface area contributed by atoms with Crippen LogP contribution in [0.3, 0.4) is 0 Å². The topological polar surface area (TPSA) is 55.2 Å². The van der Waals surface area contributed by atoms with E-state index < -0.39 is 0 Å². The molecule has 4 rings (SSSR count). The van der Waals surface area contributed by atoms with Crippen LogP contribution in [-0.4, -0.2) is 38.7 Å². The van der Waals surface area contributed by atoms with Crippen LogP contribution in [0.25, 0.3) is 10.2 Å². The molecule has 0 saturated carbocycles. The fourth-order valence-electron chi connectivity index (χ4n) is 4.30. The van der Waals surface area contributed by atoms with Crippen LogP contribution in [0.5, 0.6) is 0 Å². The molecule has 0 bridgehead atoms. The van der Waals surface area contributed by atoms with Crippen LogP contribution in [0, 0.1) is 0 Å². The number of aromatic nitrogens is 2. The Hall–Kier alpha value is -1.60. The number of likely N-dealkylation sites (tertiary alicyclic amines) is 1. The lowest BCUT2D eigenvalue weighted by molar-refractivity contribution is -0.131. The number of nitrogens with zero attached hydrogens (tertiary/aromatic N) is 3. The van der Waals surface area contributed by atoms with E-state index in [2.05, 4.69) is 13.5 Å². The highest BCUT2D eigenvalue weighted by Gasteiger charge is 2.25. The van der Waals surface area contributed by atoms with Crippen LogP contribution in [0.4, 0.5) is 0 Å². The summed E-state index contributed by atoms with van der Waals surface area (Å²) in [5.74, 6) is 0.465. The molecule has 1 saturated heterocycles. The molecule has 150 valence electrons. The zero-order valence-electron chi connectivity index (χ0n) is 16.4. The van der Waals surface area contributed by atoms with E-state index in [0.29, 0.717) is 23.5 Å². The van der Waals surface area contributed by atoms with Gasteiger partial charge in [0, 0.05) is 24.0 Å². The molecule has 2 aromatic rings. The molecule has 0 N–H and O–H groups in total. The number of rotatable bonds is 5. The van der Waals surface area contributed by atoms with E-state index in [9.17, 15) is 9.59 Å². The number of allylic oxidation sites excluding steroid dienone is 1. The Bertz CT molecular complexity index is 963. The van der Waals surface area contributed by atoms with Crippen LogP contribution in [0.1, 0.15) is 49.5 Å². The summed E-state index contributed by atoms with van der Waals surface area (Å²) < 4.78 is 1.69. The van der Waals surface area contributed by atoms with E-state index in [4.69, 9.17) is 4.98 Å². The van der Waals surface area contributed by atoms with Gasteiger partial charge in [-0.3, -0.25) is 14.2 Å². The summed E-state index contributed by atoms with van der Waals surface area (Å²) in [7, 11) is 0. The second-order valence-electron chi connectivity index (χ2n) is 7.71. The quantitative estimate of drug-likeness (QED) is 0.419. The van der Waals surface area contributed by atoms with Gasteiger partial charge >= 0.3 is 0 Å². The second kappa shape index (κ2) is 8.41. The molecular weight excluding hydrogens is 390 g/mol. The molecule has 0 radical (unpaired) electrons. The molecule has 2 aliphatic rings. The summed E-state index contributed by atoms with van der Waals surface area (Å²) in [6, 6.07) is 0.302. The first kappa shape index (κ1) is 19.7. The monoisotopic (exact) mass is 417 g/mol. The minimum absolute atomic E-state index is 0.0191. The number of piperidine rings is 1. The molecule has 0 spiro atoms. The maximum Gasteiger partial charge on any atom is 0.263 e. The van der Waals surface area contributed by atoms with Gasteiger partial charge in [0.1, 0.15) is 4.83 Å². The number of carbonyl (C=O) groups excluding carboxylic acids is 1. The number of hydrogen-bond donors (Lipinski definition) is 0. The maximum absolute atomic E-state index is 13.2. The van der Waals surface area contributed by atoms with Gasteiger partial charge in [-0.15, -0.1) is 17.9 Å². The molecule has 28 heavy (non-hydrogen) atoms. The van der Waals surface area contributed by atoms with Crippen LogP contribution in [0.15, 0.2) is 22.6 Å². The number of thiophene rings is 1. The second-order valence-corrected chi connectivity index (χ2v) is 9.74. The van der Waals surface area contributed by atoms with Crippen molar-refractivity contribution in [3.63, 3.8) is 0 Å². The van der Waals surface area contributed by atoms with E-state index >= 15 is 0 Å². The summed E-state index contributed by atoms with van der Waals surface area (Å²) in [6.45, 7) is 7.18. The van der Waals surface area contributed by atoms with E-state index in [0.717, 1.165) is 48.9 Å². The smallest absolute Gasteiger partial charge is 0.263 e. The van der Waals surface area contributed by atoms with Gasteiger partial charge in [0.15, 0.2) is 5.16 Å². The molecule has 1 atom stereocenters. The standard InChI is InChI=1S/C21H27N3O2S2/c1-3-11-24-20(26)18-15-9-4-5-10-16(15)28-19(18)22-21(24)27-13-17(25)23-12-7-6-8-14(23)2/h3,14H,1,4-13H2,2H3/t14-/m0/s1. The average molecular weight is 418 g/mol. The van der Waals surface area contributed by atoms with E-state index in [1.54, 1.807) is 22.0 Å². The van der Waals surface area contributed by atoms with Crippen molar-refractivity contribution in [2.75, 3.05) is 12.3 Å².